The highest BCUT2D eigenvalue weighted by Crippen LogP contribution is 2.12. The van der Waals surface area contributed by atoms with Crippen LogP contribution in [0.1, 0.15) is 58.3 Å². The number of carboxylic acid groups (broad SMARTS) is 1. The molecule has 5 nitrogen and oxygen atoms in total. The molecule has 0 spiro atoms. The number of amides is 1. The van der Waals surface area contributed by atoms with Crippen molar-refractivity contribution in [1.29, 1.82) is 0 Å². The van der Waals surface area contributed by atoms with E-state index in [2.05, 4.69) is 12.2 Å². The summed E-state index contributed by atoms with van der Waals surface area (Å²) in [6.07, 6.45) is 4.96. The van der Waals surface area contributed by atoms with E-state index in [9.17, 15) is 19.1 Å². The van der Waals surface area contributed by atoms with Crippen LogP contribution < -0.4 is 10.4 Å². The minimum atomic E-state index is -1.07. The second-order valence-electron chi connectivity index (χ2n) is 6.88. The van der Waals surface area contributed by atoms with E-state index in [-0.39, 0.29) is 12.5 Å². The summed E-state index contributed by atoms with van der Waals surface area (Å²) >= 11 is 0. The Balaban J connectivity index is 3.62. The van der Waals surface area contributed by atoms with E-state index in [0.717, 1.165) is 19.3 Å². The van der Waals surface area contributed by atoms with Crippen molar-refractivity contribution in [3.05, 3.63) is 0 Å². The molecule has 0 aliphatic heterocycles. The van der Waals surface area contributed by atoms with Gasteiger partial charge in [0.2, 0.25) is 5.91 Å². The molecule has 0 aliphatic carbocycles. The molecule has 23 heavy (non-hydrogen) atoms. The van der Waals surface area contributed by atoms with Crippen LogP contribution in [-0.4, -0.2) is 56.3 Å². The van der Waals surface area contributed by atoms with Crippen molar-refractivity contribution in [2.75, 3.05) is 33.7 Å². The van der Waals surface area contributed by atoms with Gasteiger partial charge in [-0.3, -0.25) is 4.79 Å². The Bertz CT molecular complexity index is 349. The van der Waals surface area contributed by atoms with E-state index < -0.39 is 12.1 Å². The third-order valence-electron chi connectivity index (χ3n) is 3.86. The predicted molar refractivity (Wildman–Crippen MR) is 87.4 cm³/mol. The summed E-state index contributed by atoms with van der Waals surface area (Å²) < 4.78 is 13.9. The van der Waals surface area contributed by atoms with Gasteiger partial charge in [0.15, 0.2) is 0 Å². The first-order valence-corrected chi connectivity index (χ1v) is 8.69. The van der Waals surface area contributed by atoms with E-state index in [4.69, 9.17) is 0 Å². The second kappa shape index (κ2) is 12.3. The molecule has 1 N–H and O–H groups in total. The van der Waals surface area contributed by atoms with Gasteiger partial charge in [-0.25, -0.2) is 4.39 Å². The van der Waals surface area contributed by atoms with E-state index in [0.29, 0.717) is 49.7 Å². The summed E-state index contributed by atoms with van der Waals surface area (Å²) in [6, 6.07) is 0. The maximum atomic E-state index is 13.5. The second-order valence-corrected chi connectivity index (χ2v) is 6.88. The van der Waals surface area contributed by atoms with Crippen LogP contribution in [-0.2, 0) is 9.59 Å². The smallest absolute Gasteiger partial charge is 0.219 e. The molecule has 0 aromatic rings. The number of hydrogen-bond donors (Lipinski definition) is 1. The molecule has 0 fully saturated rings. The van der Waals surface area contributed by atoms with Gasteiger partial charge >= 0.3 is 0 Å². The fourth-order valence-corrected chi connectivity index (χ4v) is 2.50. The molecular weight excluding hydrogens is 299 g/mol. The molecule has 0 aliphatic rings. The molecule has 0 bridgehead atoms. The van der Waals surface area contributed by atoms with Crippen LogP contribution in [0.25, 0.3) is 0 Å². The summed E-state index contributed by atoms with van der Waals surface area (Å²) in [4.78, 5) is 22.2. The molecule has 0 rings (SSSR count). The minimum absolute atomic E-state index is 0.0378. The average Bonchev–Trinajstić information content (AvgIpc) is 2.42. The van der Waals surface area contributed by atoms with Crippen molar-refractivity contribution in [2.45, 2.75) is 64.5 Å². The number of carboxylic acids is 1. The molecular formula is C17H33FN2O3. The maximum Gasteiger partial charge on any atom is 0.219 e. The van der Waals surface area contributed by atoms with Gasteiger partial charge in [-0.05, 0) is 19.3 Å². The molecule has 136 valence electrons. The number of aliphatic carboxylic acids is 1. The van der Waals surface area contributed by atoms with Crippen LogP contribution >= 0.6 is 0 Å². The van der Waals surface area contributed by atoms with Crippen molar-refractivity contribution in [1.82, 2.24) is 5.32 Å². The average molecular weight is 332 g/mol. The highest BCUT2D eigenvalue weighted by atomic mass is 19.1. The number of quaternary nitrogens is 1. The normalized spacial score (nSPS) is 12.9. The van der Waals surface area contributed by atoms with E-state index in [1.54, 1.807) is 0 Å². The Hall–Kier alpha value is -1.17. The van der Waals surface area contributed by atoms with Gasteiger partial charge in [-0.15, -0.1) is 0 Å². The Morgan fingerprint density at radius 3 is 2.39 bits per heavy atom. The molecule has 1 amide bonds. The SMILES string of the molecule is CCCCCC(F)CCCC(=O)NCCC[N+](C)(C)CC(=O)[O-]. The van der Waals surface area contributed by atoms with Crippen molar-refractivity contribution >= 4 is 11.9 Å². The molecule has 0 radical (unpaired) electrons. The standard InChI is InChI=1S/C17H33FN2O3/c1-4-5-6-9-15(18)10-7-11-16(21)19-12-8-13-20(2,3)14-17(22)23/h15H,4-14H2,1-3H3,(H-,19,21,22,23). The van der Waals surface area contributed by atoms with Crippen molar-refractivity contribution in [3.63, 3.8) is 0 Å². The highest BCUT2D eigenvalue weighted by Gasteiger charge is 2.14. The summed E-state index contributed by atoms with van der Waals surface area (Å²) in [5.41, 5.74) is 0. The highest BCUT2D eigenvalue weighted by molar-refractivity contribution is 5.75. The summed E-state index contributed by atoms with van der Waals surface area (Å²) in [6.45, 7) is 3.22. The number of carbonyl (C=O) groups excluding carboxylic acids is 2. The lowest BCUT2D eigenvalue weighted by Crippen LogP contribution is -2.49. The first-order chi connectivity index (χ1) is 10.8. The number of carbonyl (C=O) groups is 2. The molecule has 0 saturated carbocycles. The summed E-state index contributed by atoms with van der Waals surface area (Å²) in [5.74, 6) is -1.13. The number of halogens is 1. The fraction of sp³-hybridized carbons (Fsp3) is 0.882. The molecule has 0 aromatic heterocycles. The lowest BCUT2D eigenvalue weighted by molar-refractivity contribution is -0.884. The van der Waals surface area contributed by atoms with Crippen molar-refractivity contribution in [2.24, 2.45) is 0 Å². The van der Waals surface area contributed by atoms with Gasteiger partial charge in [-0.1, -0.05) is 26.2 Å². The zero-order valence-electron chi connectivity index (χ0n) is 14.9. The molecule has 0 heterocycles. The van der Waals surface area contributed by atoms with Crippen LogP contribution in [0, 0.1) is 0 Å². The number of unbranched alkanes of at least 4 members (excludes halogenated alkanes) is 2. The van der Waals surface area contributed by atoms with Gasteiger partial charge in [-0.2, -0.15) is 0 Å². The lowest BCUT2D eigenvalue weighted by Gasteiger charge is -2.30. The van der Waals surface area contributed by atoms with E-state index >= 15 is 0 Å². The Kier molecular flexibility index (Phi) is 11.7. The third-order valence-corrected chi connectivity index (χ3v) is 3.86. The Morgan fingerprint density at radius 2 is 1.78 bits per heavy atom. The van der Waals surface area contributed by atoms with Gasteiger partial charge in [0, 0.05) is 19.4 Å². The Labute approximate surface area is 139 Å². The maximum absolute atomic E-state index is 13.5. The van der Waals surface area contributed by atoms with Crippen molar-refractivity contribution < 1.29 is 23.6 Å². The van der Waals surface area contributed by atoms with Crippen LogP contribution in [0.4, 0.5) is 4.39 Å². The summed E-state index contributed by atoms with van der Waals surface area (Å²) in [7, 11) is 3.63. The van der Waals surface area contributed by atoms with Gasteiger partial charge in [0.05, 0.1) is 26.6 Å². The first-order valence-electron chi connectivity index (χ1n) is 8.69. The van der Waals surface area contributed by atoms with Gasteiger partial charge in [0.1, 0.15) is 12.7 Å². The first kappa shape index (κ1) is 21.8. The van der Waals surface area contributed by atoms with Crippen LogP contribution in [0.5, 0.6) is 0 Å². The number of alkyl halides is 1. The topological polar surface area (TPSA) is 69.2 Å². The fourth-order valence-electron chi connectivity index (χ4n) is 2.50. The van der Waals surface area contributed by atoms with Crippen LogP contribution in [0.15, 0.2) is 0 Å². The molecule has 6 heteroatoms. The number of nitrogens with one attached hydrogen (secondary N) is 1. The molecule has 0 aromatic carbocycles. The number of likely N-dealkylation sites (N-methyl/N-ethyl adjacent to an activating group) is 1. The third kappa shape index (κ3) is 14.2. The zero-order valence-corrected chi connectivity index (χ0v) is 14.9. The van der Waals surface area contributed by atoms with Gasteiger partial charge in [0.25, 0.3) is 0 Å². The quantitative estimate of drug-likeness (QED) is 0.386. The Morgan fingerprint density at radius 1 is 1.13 bits per heavy atom. The summed E-state index contributed by atoms with van der Waals surface area (Å²) in [5, 5.41) is 13.4. The molecule has 1 unspecified atom stereocenters. The van der Waals surface area contributed by atoms with E-state index in [1.807, 2.05) is 14.1 Å². The van der Waals surface area contributed by atoms with Crippen LogP contribution in [0.3, 0.4) is 0 Å². The van der Waals surface area contributed by atoms with Gasteiger partial charge < -0.3 is 19.7 Å². The number of hydrogen-bond acceptors (Lipinski definition) is 3. The minimum Gasteiger partial charge on any atom is -0.544 e. The van der Waals surface area contributed by atoms with E-state index in [1.165, 1.54) is 0 Å². The van der Waals surface area contributed by atoms with Crippen LogP contribution in [0.2, 0.25) is 0 Å². The molecule has 1 atom stereocenters. The number of rotatable bonds is 14. The predicted octanol–water partition coefficient (Wildman–Crippen LogP) is 1.41. The zero-order chi connectivity index (χ0) is 17.7. The largest absolute Gasteiger partial charge is 0.544 e. The monoisotopic (exact) mass is 332 g/mol. The van der Waals surface area contributed by atoms with Crippen molar-refractivity contribution in [3.8, 4) is 0 Å². The molecule has 0 saturated heterocycles. The number of nitrogens with zero attached hydrogens (tertiary/aromatic N) is 1. The lowest BCUT2D eigenvalue weighted by atomic mass is 10.1.